The molecule has 0 radical (unpaired) electrons. The van der Waals surface area contributed by atoms with Gasteiger partial charge in [0.1, 0.15) is 11.9 Å². The van der Waals surface area contributed by atoms with E-state index in [4.69, 9.17) is 0 Å². The van der Waals surface area contributed by atoms with Crippen molar-refractivity contribution >= 4 is 17.7 Å². The molecule has 0 bridgehead atoms. The summed E-state index contributed by atoms with van der Waals surface area (Å²) in [5.41, 5.74) is 1.67. The van der Waals surface area contributed by atoms with Crippen LogP contribution in [-0.2, 0) is 27.3 Å². The minimum absolute atomic E-state index is 0.00870. The van der Waals surface area contributed by atoms with E-state index in [1.165, 1.54) is 12.1 Å². The highest BCUT2D eigenvalue weighted by Crippen LogP contribution is 2.27. The monoisotopic (exact) mass is 437 g/mol. The van der Waals surface area contributed by atoms with Crippen molar-refractivity contribution in [1.29, 1.82) is 0 Å². The molecule has 0 aromatic heterocycles. The minimum Gasteiger partial charge on any atom is -0.350 e. The minimum atomic E-state index is -0.453. The largest absolute Gasteiger partial charge is 0.350 e. The van der Waals surface area contributed by atoms with Crippen LogP contribution in [0.5, 0.6) is 0 Å². The average Bonchev–Trinajstić information content (AvgIpc) is 3.19. The van der Waals surface area contributed by atoms with E-state index in [-0.39, 0.29) is 36.0 Å². The Morgan fingerprint density at radius 2 is 1.69 bits per heavy atom. The van der Waals surface area contributed by atoms with Crippen LogP contribution >= 0.6 is 0 Å². The summed E-state index contributed by atoms with van der Waals surface area (Å²) >= 11 is 0. The number of likely N-dealkylation sites (tertiary alicyclic amines) is 2. The maximum absolute atomic E-state index is 13.4. The van der Waals surface area contributed by atoms with E-state index in [1.54, 1.807) is 21.9 Å². The van der Waals surface area contributed by atoms with Crippen LogP contribution in [-0.4, -0.2) is 52.7 Å². The van der Waals surface area contributed by atoms with E-state index < -0.39 is 6.04 Å². The van der Waals surface area contributed by atoms with Crippen molar-refractivity contribution in [3.8, 4) is 0 Å². The Morgan fingerprint density at radius 3 is 2.41 bits per heavy atom. The van der Waals surface area contributed by atoms with Gasteiger partial charge in [-0.2, -0.15) is 0 Å². The quantitative estimate of drug-likeness (QED) is 0.756. The second-order valence-corrected chi connectivity index (χ2v) is 8.48. The normalized spacial score (nSPS) is 19.3. The Bertz CT molecular complexity index is 973. The first kappa shape index (κ1) is 22.0. The third kappa shape index (κ3) is 5.15. The van der Waals surface area contributed by atoms with Gasteiger partial charge in [-0.25, -0.2) is 4.39 Å². The van der Waals surface area contributed by atoms with E-state index in [0.29, 0.717) is 50.9 Å². The predicted molar refractivity (Wildman–Crippen MR) is 118 cm³/mol. The summed E-state index contributed by atoms with van der Waals surface area (Å²) in [7, 11) is 0. The first-order valence-corrected chi connectivity index (χ1v) is 11.2. The zero-order valence-corrected chi connectivity index (χ0v) is 18.0. The van der Waals surface area contributed by atoms with E-state index in [1.807, 2.05) is 30.3 Å². The van der Waals surface area contributed by atoms with Crippen LogP contribution in [0.3, 0.4) is 0 Å². The molecular formula is C25H28FN3O3. The Labute approximate surface area is 187 Å². The number of rotatable bonds is 6. The van der Waals surface area contributed by atoms with Crippen molar-refractivity contribution in [3.05, 3.63) is 71.5 Å². The molecule has 2 aliphatic rings. The summed E-state index contributed by atoms with van der Waals surface area (Å²) in [6.45, 7) is 1.49. The molecule has 3 amide bonds. The Balaban J connectivity index is 1.31. The molecule has 2 aromatic carbocycles. The first-order chi connectivity index (χ1) is 15.5. The van der Waals surface area contributed by atoms with Crippen molar-refractivity contribution in [2.24, 2.45) is 0 Å². The molecule has 2 aliphatic heterocycles. The number of nitrogens with zero attached hydrogens (tertiary/aromatic N) is 2. The SMILES string of the molecule is O=C(NCc1ccccc1)C1CCC(=O)N1C1CCN(C(=O)Cc2cccc(F)c2)CC1. The average molecular weight is 438 g/mol. The van der Waals surface area contributed by atoms with Crippen LogP contribution in [0.4, 0.5) is 4.39 Å². The Kier molecular flexibility index (Phi) is 6.83. The predicted octanol–water partition coefficient (Wildman–Crippen LogP) is 2.67. The summed E-state index contributed by atoms with van der Waals surface area (Å²) in [5, 5.41) is 2.96. The first-order valence-electron chi connectivity index (χ1n) is 11.2. The fraction of sp³-hybridized carbons (Fsp3) is 0.400. The van der Waals surface area contributed by atoms with Crippen molar-refractivity contribution in [1.82, 2.24) is 15.1 Å². The molecule has 0 spiro atoms. The van der Waals surface area contributed by atoms with Gasteiger partial charge in [-0.3, -0.25) is 14.4 Å². The molecule has 6 nitrogen and oxygen atoms in total. The summed E-state index contributed by atoms with van der Waals surface area (Å²) in [5.74, 6) is -0.504. The molecule has 4 rings (SSSR count). The zero-order valence-electron chi connectivity index (χ0n) is 18.0. The van der Waals surface area contributed by atoms with Gasteiger partial charge in [0.2, 0.25) is 17.7 Å². The molecule has 32 heavy (non-hydrogen) atoms. The number of benzene rings is 2. The van der Waals surface area contributed by atoms with Crippen LogP contribution in [0.1, 0.15) is 36.8 Å². The van der Waals surface area contributed by atoms with Crippen LogP contribution < -0.4 is 5.32 Å². The molecule has 1 atom stereocenters. The molecule has 1 N–H and O–H groups in total. The molecular weight excluding hydrogens is 409 g/mol. The lowest BCUT2D eigenvalue weighted by Crippen LogP contribution is -2.53. The van der Waals surface area contributed by atoms with Crippen molar-refractivity contribution in [3.63, 3.8) is 0 Å². The second-order valence-electron chi connectivity index (χ2n) is 8.48. The maximum Gasteiger partial charge on any atom is 0.243 e. The van der Waals surface area contributed by atoms with Crippen LogP contribution in [0, 0.1) is 5.82 Å². The van der Waals surface area contributed by atoms with Gasteiger partial charge in [0, 0.05) is 32.1 Å². The summed E-state index contributed by atoms with van der Waals surface area (Å²) in [6.07, 6.45) is 2.35. The van der Waals surface area contributed by atoms with Gasteiger partial charge >= 0.3 is 0 Å². The Hall–Kier alpha value is -3.22. The number of carbonyl (C=O) groups excluding carboxylic acids is 3. The van der Waals surface area contributed by atoms with Crippen molar-refractivity contribution < 1.29 is 18.8 Å². The lowest BCUT2D eigenvalue weighted by molar-refractivity contribution is -0.140. The molecule has 0 aliphatic carbocycles. The highest BCUT2D eigenvalue weighted by Gasteiger charge is 2.41. The third-order valence-electron chi connectivity index (χ3n) is 6.32. The van der Waals surface area contributed by atoms with E-state index in [9.17, 15) is 18.8 Å². The van der Waals surface area contributed by atoms with Gasteiger partial charge in [-0.1, -0.05) is 42.5 Å². The van der Waals surface area contributed by atoms with Crippen LogP contribution in [0.15, 0.2) is 54.6 Å². The highest BCUT2D eigenvalue weighted by molar-refractivity contribution is 5.91. The van der Waals surface area contributed by atoms with Crippen LogP contribution in [0.2, 0.25) is 0 Å². The summed E-state index contributed by atoms with van der Waals surface area (Å²) in [4.78, 5) is 41.5. The molecule has 0 saturated carbocycles. The maximum atomic E-state index is 13.4. The van der Waals surface area contributed by atoms with Gasteiger partial charge in [0.05, 0.1) is 6.42 Å². The number of piperidine rings is 1. The number of halogens is 1. The molecule has 2 saturated heterocycles. The molecule has 168 valence electrons. The number of amides is 3. The lowest BCUT2D eigenvalue weighted by Gasteiger charge is -2.39. The third-order valence-corrected chi connectivity index (χ3v) is 6.32. The number of carbonyl (C=O) groups is 3. The van der Waals surface area contributed by atoms with Gasteiger partial charge in [-0.05, 0) is 42.5 Å². The van der Waals surface area contributed by atoms with E-state index in [2.05, 4.69) is 5.32 Å². The fourth-order valence-corrected chi connectivity index (χ4v) is 4.65. The zero-order chi connectivity index (χ0) is 22.5. The smallest absolute Gasteiger partial charge is 0.243 e. The van der Waals surface area contributed by atoms with Gasteiger partial charge in [0.15, 0.2) is 0 Å². The highest BCUT2D eigenvalue weighted by atomic mass is 19.1. The van der Waals surface area contributed by atoms with E-state index >= 15 is 0 Å². The lowest BCUT2D eigenvalue weighted by atomic mass is 10.0. The molecule has 2 heterocycles. The second kappa shape index (κ2) is 9.94. The fourth-order valence-electron chi connectivity index (χ4n) is 4.65. The Morgan fingerprint density at radius 1 is 0.969 bits per heavy atom. The molecule has 1 unspecified atom stereocenters. The molecule has 2 fully saturated rings. The number of nitrogens with one attached hydrogen (secondary N) is 1. The topological polar surface area (TPSA) is 69.7 Å². The van der Waals surface area contributed by atoms with Crippen molar-refractivity contribution in [2.75, 3.05) is 13.1 Å². The number of hydrogen-bond donors (Lipinski definition) is 1. The molecule has 7 heteroatoms. The summed E-state index contributed by atoms with van der Waals surface area (Å²) in [6, 6.07) is 15.3. The van der Waals surface area contributed by atoms with Gasteiger partial charge in [0.25, 0.3) is 0 Å². The van der Waals surface area contributed by atoms with E-state index in [0.717, 1.165) is 5.56 Å². The molecule has 2 aromatic rings. The standard InChI is InChI=1S/C25H28FN3O3/c26-20-8-4-7-19(15-20)16-24(31)28-13-11-21(12-14-28)29-22(9-10-23(29)30)25(32)27-17-18-5-2-1-3-6-18/h1-8,15,21-22H,9-14,16-17H2,(H,27,32). The van der Waals surface area contributed by atoms with Gasteiger partial charge in [-0.15, -0.1) is 0 Å². The van der Waals surface area contributed by atoms with Crippen molar-refractivity contribution in [2.45, 2.75) is 50.7 Å². The van der Waals surface area contributed by atoms with Gasteiger partial charge < -0.3 is 15.1 Å². The number of hydrogen-bond acceptors (Lipinski definition) is 3. The van der Waals surface area contributed by atoms with Crippen LogP contribution in [0.25, 0.3) is 0 Å². The summed E-state index contributed by atoms with van der Waals surface area (Å²) < 4.78 is 13.4.